The van der Waals surface area contributed by atoms with Gasteiger partial charge in [0.05, 0.1) is 0 Å². The number of aromatic nitrogens is 4. The molecule has 0 radical (unpaired) electrons. The van der Waals surface area contributed by atoms with Crippen LogP contribution < -0.4 is 5.32 Å². The van der Waals surface area contributed by atoms with E-state index in [2.05, 4.69) is 20.5 Å². The van der Waals surface area contributed by atoms with Crippen molar-refractivity contribution in [3.63, 3.8) is 0 Å². The van der Waals surface area contributed by atoms with Crippen LogP contribution in [-0.4, -0.2) is 19.6 Å². The lowest BCUT2D eigenvalue weighted by molar-refractivity contribution is 0.627. The van der Waals surface area contributed by atoms with Crippen LogP contribution in [0.1, 0.15) is 30.1 Å². The Balaban J connectivity index is 1.60. The van der Waals surface area contributed by atoms with E-state index < -0.39 is 0 Å². The molecule has 5 nitrogen and oxygen atoms in total. The van der Waals surface area contributed by atoms with Crippen LogP contribution in [0.25, 0.3) is 5.65 Å². The van der Waals surface area contributed by atoms with Crippen molar-refractivity contribution in [1.82, 2.24) is 19.6 Å². The zero-order valence-electron chi connectivity index (χ0n) is 11.3. The van der Waals surface area contributed by atoms with Crippen LogP contribution in [0, 0.1) is 5.82 Å². The van der Waals surface area contributed by atoms with Gasteiger partial charge in [-0.05, 0) is 30.5 Å². The standard InChI is InChI=1S/C15H14FN5/c16-12-5-1-10(2-6-12)9-18-13-15-20-19-14(11-3-4-11)21(15)8-7-17-13/h1-2,5-8,11H,3-4,9H2,(H,17,18). The van der Waals surface area contributed by atoms with Gasteiger partial charge in [0.15, 0.2) is 5.82 Å². The number of nitrogens with zero attached hydrogens (tertiary/aromatic N) is 4. The Labute approximate surface area is 120 Å². The molecule has 2 aromatic heterocycles. The van der Waals surface area contributed by atoms with Gasteiger partial charge in [-0.1, -0.05) is 12.1 Å². The first-order chi connectivity index (χ1) is 10.3. The third kappa shape index (κ3) is 2.33. The fourth-order valence-electron chi connectivity index (χ4n) is 2.38. The molecule has 6 heteroatoms. The average molecular weight is 283 g/mol. The molecule has 0 amide bonds. The summed E-state index contributed by atoms with van der Waals surface area (Å²) >= 11 is 0. The summed E-state index contributed by atoms with van der Waals surface area (Å²) < 4.78 is 14.9. The maximum atomic E-state index is 12.9. The molecule has 1 aromatic carbocycles. The van der Waals surface area contributed by atoms with Crippen molar-refractivity contribution in [2.45, 2.75) is 25.3 Å². The molecule has 1 saturated carbocycles. The monoisotopic (exact) mass is 283 g/mol. The molecule has 1 aliphatic rings. The number of anilines is 1. The summed E-state index contributed by atoms with van der Waals surface area (Å²) in [6, 6.07) is 6.41. The summed E-state index contributed by atoms with van der Waals surface area (Å²) in [5, 5.41) is 11.7. The van der Waals surface area contributed by atoms with Gasteiger partial charge in [-0.2, -0.15) is 0 Å². The van der Waals surface area contributed by atoms with E-state index in [0.717, 1.165) is 17.0 Å². The average Bonchev–Trinajstić information content (AvgIpc) is 3.26. The molecule has 0 bridgehead atoms. The highest BCUT2D eigenvalue weighted by molar-refractivity contribution is 5.62. The highest BCUT2D eigenvalue weighted by atomic mass is 19.1. The fraction of sp³-hybridized carbons (Fsp3) is 0.267. The number of hydrogen-bond acceptors (Lipinski definition) is 4. The van der Waals surface area contributed by atoms with Crippen molar-refractivity contribution < 1.29 is 4.39 Å². The van der Waals surface area contributed by atoms with Gasteiger partial charge in [-0.15, -0.1) is 10.2 Å². The third-order valence-corrected chi connectivity index (χ3v) is 3.67. The van der Waals surface area contributed by atoms with Crippen molar-refractivity contribution in [2.24, 2.45) is 0 Å². The molecule has 0 unspecified atom stereocenters. The van der Waals surface area contributed by atoms with Crippen LogP contribution in [0.2, 0.25) is 0 Å². The number of fused-ring (bicyclic) bond motifs is 1. The molecule has 0 aliphatic heterocycles. The van der Waals surface area contributed by atoms with Gasteiger partial charge < -0.3 is 5.32 Å². The summed E-state index contributed by atoms with van der Waals surface area (Å²) in [5.74, 6) is 2.01. The maximum absolute atomic E-state index is 12.9. The molecule has 3 aromatic rings. The number of rotatable bonds is 4. The fourth-order valence-corrected chi connectivity index (χ4v) is 2.38. The predicted molar refractivity (Wildman–Crippen MR) is 76.5 cm³/mol. The van der Waals surface area contributed by atoms with Crippen molar-refractivity contribution in [2.75, 3.05) is 5.32 Å². The van der Waals surface area contributed by atoms with Gasteiger partial charge in [0.25, 0.3) is 0 Å². The molecule has 1 N–H and O–H groups in total. The molecule has 1 fully saturated rings. The summed E-state index contributed by atoms with van der Waals surface area (Å²) in [4.78, 5) is 4.32. The molecule has 1 aliphatic carbocycles. The van der Waals surface area contributed by atoms with Gasteiger partial charge in [-0.3, -0.25) is 4.40 Å². The minimum absolute atomic E-state index is 0.231. The summed E-state index contributed by atoms with van der Waals surface area (Å²) in [5.41, 5.74) is 1.73. The van der Waals surface area contributed by atoms with Gasteiger partial charge >= 0.3 is 0 Å². The second-order valence-electron chi connectivity index (χ2n) is 5.28. The van der Waals surface area contributed by atoms with E-state index in [4.69, 9.17) is 0 Å². The first-order valence-electron chi connectivity index (χ1n) is 6.99. The van der Waals surface area contributed by atoms with Crippen molar-refractivity contribution in [3.05, 3.63) is 53.9 Å². The van der Waals surface area contributed by atoms with E-state index in [0.29, 0.717) is 18.3 Å². The Kier molecular flexibility index (Phi) is 2.80. The van der Waals surface area contributed by atoms with Crippen LogP contribution in [0.3, 0.4) is 0 Å². The lowest BCUT2D eigenvalue weighted by Gasteiger charge is -2.06. The summed E-state index contributed by atoms with van der Waals surface area (Å²) in [6.07, 6.45) is 6.00. The molecule has 0 spiro atoms. The number of hydrogen-bond donors (Lipinski definition) is 1. The summed E-state index contributed by atoms with van der Waals surface area (Å²) in [6.45, 7) is 0.568. The highest BCUT2D eigenvalue weighted by Gasteiger charge is 2.29. The van der Waals surface area contributed by atoms with Crippen molar-refractivity contribution >= 4 is 11.5 Å². The minimum Gasteiger partial charge on any atom is -0.363 e. The molecular weight excluding hydrogens is 269 g/mol. The largest absolute Gasteiger partial charge is 0.363 e. The molecule has 0 atom stereocenters. The van der Waals surface area contributed by atoms with Crippen LogP contribution in [0.5, 0.6) is 0 Å². The minimum atomic E-state index is -0.231. The van der Waals surface area contributed by atoms with Gasteiger partial charge in [0.2, 0.25) is 5.65 Å². The Morgan fingerprint density at radius 2 is 2.00 bits per heavy atom. The predicted octanol–water partition coefficient (Wildman–Crippen LogP) is 2.75. The number of benzene rings is 1. The van der Waals surface area contributed by atoms with Crippen molar-refractivity contribution in [1.29, 1.82) is 0 Å². The first kappa shape index (κ1) is 12.3. The zero-order chi connectivity index (χ0) is 14.2. The van der Waals surface area contributed by atoms with E-state index in [1.807, 2.05) is 10.6 Å². The second kappa shape index (κ2) is 4.80. The van der Waals surface area contributed by atoms with Gasteiger partial charge in [-0.25, -0.2) is 9.37 Å². The Morgan fingerprint density at radius 1 is 1.19 bits per heavy atom. The molecule has 21 heavy (non-hydrogen) atoms. The molecule has 106 valence electrons. The van der Waals surface area contributed by atoms with E-state index in [1.54, 1.807) is 18.3 Å². The highest BCUT2D eigenvalue weighted by Crippen LogP contribution is 2.39. The van der Waals surface area contributed by atoms with Crippen LogP contribution in [-0.2, 0) is 6.54 Å². The summed E-state index contributed by atoms with van der Waals surface area (Å²) in [7, 11) is 0. The molecule has 2 heterocycles. The van der Waals surface area contributed by atoms with Crippen LogP contribution >= 0.6 is 0 Å². The van der Waals surface area contributed by atoms with E-state index in [9.17, 15) is 4.39 Å². The molecular formula is C15H14FN5. The number of nitrogens with one attached hydrogen (secondary N) is 1. The molecule has 4 rings (SSSR count). The number of halogens is 1. The van der Waals surface area contributed by atoms with Gasteiger partial charge in [0, 0.05) is 24.9 Å². The Hall–Kier alpha value is -2.50. The van der Waals surface area contributed by atoms with E-state index >= 15 is 0 Å². The smallest absolute Gasteiger partial charge is 0.203 e. The first-order valence-corrected chi connectivity index (χ1v) is 6.99. The molecule has 0 saturated heterocycles. The quantitative estimate of drug-likeness (QED) is 0.800. The third-order valence-electron chi connectivity index (χ3n) is 3.67. The van der Waals surface area contributed by atoms with Gasteiger partial charge in [0.1, 0.15) is 11.6 Å². The Morgan fingerprint density at radius 3 is 2.76 bits per heavy atom. The lowest BCUT2D eigenvalue weighted by atomic mass is 10.2. The van der Waals surface area contributed by atoms with Crippen LogP contribution in [0.15, 0.2) is 36.7 Å². The Bertz CT molecular complexity index is 776. The van der Waals surface area contributed by atoms with E-state index in [1.165, 1.54) is 25.0 Å². The second-order valence-corrected chi connectivity index (χ2v) is 5.28. The normalized spacial score (nSPS) is 14.5. The lowest BCUT2D eigenvalue weighted by Crippen LogP contribution is -2.04. The zero-order valence-corrected chi connectivity index (χ0v) is 11.3. The maximum Gasteiger partial charge on any atom is 0.203 e. The van der Waals surface area contributed by atoms with Crippen molar-refractivity contribution in [3.8, 4) is 0 Å². The van der Waals surface area contributed by atoms with E-state index in [-0.39, 0.29) is 5.82 Å². The SMILES string of the molecule is Fc1ccc(CNc2nccn3c(C4CC4)nnc23)cc1. The van der Waals surface area contributed by atoms with Crippen LogP contribution in [0.4, 0.5) is 10.2 Å². The topological polar surface area (TPSA) is 55.1 Å².